The summed E-state index contributed by atoms with van der Waals surface area (Å²) in [4.78, 5) is 26.2. The Labute approximate surface area is 175 Å². The van der Waals surface area contributed by atoms with E-state index in [4.69, 9.17) is 21.1 Å². The number of hydrogen-bond donors (Lipinski definition) is 1. The number of benzene rings is 1. The van der Waals surface area contributed by atoms with Crippen molar-refractivity contribution < 1.29 is 19.1 Å². The van der Waals surface area contributed by atoms with E-state index in [1.807, 2.05) is 16.8 Å². The van der Waals surface area contributed by atoms with Gasteiger partial charge in [-0.25, -0.2) is 4.79 Å². The molecule has 2 heterocycles. The maximum Gasteiger partial charge on any atom is 0.354 e. The summed E-state index contributed by atoms with van der Waals surface area (Å²) in [5.41, 5.74) is 0.574. The fourth-order valence-corrected chi connectivity index (χ4v) is 3.62. The van der Waals surface area contributed by atoms with Gasteiger partial charge in [-0.3, -0.25) is 9.69 Å². The smallest absolute Gasteiger partial charge is 0.354 e. The van der Waals surface area contributed by atoms with Gasteiger partial charge in [0.25, 0.3) is 0 Å². The molecule has 1 N–H and O–H groups in total. The van der Waals surface area contributed by atoms with Gasteiger partial charge in [0, 0.05) is 30.4 Å². The molecule has 1 aliphatic rings. The highest BCUT2D eigenvalue weighted by molar-refractivity contribution is 6.30. The molecule has 1 saturated heterocycles. The van der Waals surface area contributed by atoms with Gasteiger partial charge in [-0.05, 0) is 49.2 Å². The number of hydrogen-bond acceptors (Lipinski definition) is 5. The normalized spacial score (nSPS) is 15.1. The molecule has 29 heavy (non-hydrogen) atoms. The first-order chi connectivity index (χ1) is 14.1. The first-order valence-corrected chi connectivity index (χ1v) is 10.1. The molecule has 3 rings (SSSR count). The summed E-state index contributed by atoms with van der Waals surface area (Å²) in [6.45, 7) is 2.82. The SMILES string of the molecule is COC(=O)c1cccn1C1CCN(CC(=O)NCCOc2ccc(Cl)cc2)CC1. The van der Waals surface area contributed by atoms with Gasteiger partial charge in [-0.2, -0.15) is 0 Å². The van der Waals surface area contributed by atoms with E-state index in [0.29, 0.717) is 30.4 Å². The number of carbonyl (C=O) groups is 2. The van der Waals surface area contributed by atoms with E-state index < -0.39 is 0 Å². The van der Waals surface area contributed by atoms with E-state index >= 15 is 0 Å². The second-order valence-electron chi connectivity index (χ2n) is 6.95. The van der Waals surface area contributed by atoms with Crippen LogP contribution in [0.5, 0.6) is 5.75 Å². The molecule has 1 aromatic carbocycles. The number of nitrogens with zero attached hydrogens (tertiary/aromatic N) is 2. The number of aromatic nitrogens is 1. The summed E-state index contributed by atoms with van der Waals surface area (Å²) in [7, 11) is 1.39. The van der Waals surface area contributed by atoms with Crippen molar-refractivity contribution in [3.63, 3.8) is 0 Å². The lowest BCUT2D eigenvalue weighted by atomic mass is 10.0. The van der Waals surface area contributed by atoms with Crippen LogP contribution in [0, 0.1) is 0 Å². The number of piperidine rings is 1. The molecule has 1 aromatic heterocycles. The van der Waals surface area contributed by atoms with Crippen LogP contribution in [-0.2, 0) is 9.53 Å². The Kier molecular flexibility index (Phi) is 7.55. The van der Waals surface area contributed by atoms with Crippen molar-refractivity contribution in [2.75, 3.05) is 39.9 Å². The van der Waals surface area contributed by atoms with Crippen LogP contribution in [0.1, 0.15) is 29.4 Å². The third-order valence-electron chi connectivity index (χ3n) is 5.00. The van der Waals surface area contributed by atoms with Crippen LogP contribution < -0.4 is 10.1 Å². The zero-order valence-corrected chi connectivity index (χ0v) is 17.2. The molecule has 1 amide bonds. The Morgan fingerprint density at radius 3 is 2.59 bits per heavy atom. The Bertz CT molecular complexity index is 814. The Morgan fingerprint density at radius 2 is 1.90 bits per heavy atom. The van der Waals surface area contributed by atoms with Crippen LogP contribution in [0.3, 0.4) is 0 Å². The number of esters is 1. The van der Waals surface area contributed by atoms with Crippen molar-refractivity contribution in [3.8, 4) is 5.75 Å². The van der Waals surface area contributed by atoms with E-state index in [9.17, 15) is 9.59 Å². The third kappa shape index (κ3) is 5.98. The van der Waals surface area contributed by atoms with E-state index in [1.54, 1.807) is 30.3 Å². The fourth-order valence-electron chi connectivity index (χ4n) is 3.49. The molecular formula is C21H26ClN3O4. The molecule has 0 radical (unpaired) electrons. The first-order valence-electron chi connectivity index (χ1n) is 9.69. The number of ether oxygens (including phenoxy) is 2. The molecule has 0 bridgehead atoms. The molecule has 0 aliphatic carbocycles. The molecule has 8 heteroatoms. The largest absolute Gasteiger partial charge is 0.492 e. The van der Waals surface area contributed by atoms with E-state index in [1.165, 1.54) is 7.11 Å². The van der Waals surface area contributed by atoms with E-state index in [-0.39, 0.29) is 17.9 Å². The molecule has 0 atom stereocenters. The molecule has 156 valence electrons. The topological polar surface area (TPSA) is 72.8 Å². The van der Waals surface area contributed by atoms with Gasteiger partial charge >= 0.3 is 5.97 Å². The molecule has 7 nitrogen and oxygen atoms in total. The number of carbonyl (C=O) groups excluding carboxylic acids is 2. The number of likely N-dealkylation sites (tertiary alicyclic amines) is 1. The highest BCUT2D eigenvalue weighted by atomic mass is 35.5. The predicted molar refractivity (Wildman–Crippen MR) is 110 cm³/mol. The molecule has 0 saturated carbocycles. The molecule has 1 aliphatic heterocycles. The lowest BCUT2D eigenvalue weighted by Crippen LogP contribution is -2.42. The Balaban J connectivity index is 1.36. The molecule has 0 spiro atoms. The van der Waals surface area contributed by atoms with Crippen LogP contribution in [0.4, 0.5) is 0 Å². The van der Waals surface area contributed by atoms with Gasteiger partial charge in [0.15, 0.2) is 0 Å². The van der Waals surface area contributed by atoms with Gasteiger partial charge in [-0.15, -0.1) is 0 Å². The zero-order valence-electron chi connectivity index (χ0n) is 16.5. The minimum atomic E-state index is -0.322. The van der Waals surface area contributed by atoms with Gasteiger partial charge in [-0.1, -0.05) is 11.6 Å². The summed E-state index contributed by atoms with van der Waals surface area (Å²) in [5.74, 6) is 0.388. The molecule has 2 aromatic rings. The Hall–Kier alpha value is -2.51. The van der Waals surface area contributed by atoms with Gasteiger partial charge in [0.2, 0.25) is 5.91 Å². The first kappa shape index (κ1) is 21.2. The van der Waals surface area contributed by atoms with Crippen molar-refractivity contribution in [2.45, 2.75) is 18.9 Å². The number of nitrogens with one attached hydrogen (secondary N) is 1. The minimum Gasteiger partial charge on any atom is -0.492 e. The summed E-state index contributed by atoms with van der Waals surface area (Å²) < 4.78 is 12.4. The summed E-state index contributed by atoms with van der Waals surface area (Å²) in [6, 6.07) is 11.0. The monoisotopic (exact) mass is 419 g/mol. The summed E-state index contributed by atoms with van der Waals surface area (Å²) >= 11 is 5.83. The van der Waals surface area contributed by atoms with Crippen molar-refractivity contribution in [3.05, 3.63) is 53.3 Å². The number of halogens is 1. The van der Waals surface area contributed by atoms with Gasteiger partial charge in [0.1, 0.15) is 18.1 Å². The zero-order chi connectivity index (χ0) is 20.6. The molecular weight excluding hydrogens is 394 g/mol. The molecule has 0 unspecified atom stereocenters. The predicted octanol–water partition coefficient (Wildman–Crippen LogP) is 2.76. The van der Waals surface area contributed by atoms with Crippen LogP contribution in [0.2, 0.25) is 5.02 Å². The average Bonchev–Trinajstić information content (AvgIpc) is 3.22. The number of rotatable bonds is 8. The summed E-state index contributed by atoms with van der Waals surface area (Å²) in [6.07, 6.45) is 3.68. The summed E-state index contributed by atoms with van der Waals surface area (Å²) in [5, 5.41) is 3.54. The molecule has 1 fully saturated rings. The standard InChI is InChI=1S/C21H26ClN3O4/c1-28-21(27)19-3-2-11-25(19)17-8-12-24(13-9-17)15-20(26)23-10-14-29-18-6-4-16(22)5-7-18/h2-7,11,17H,8-10,12-15H2,1H3,(H,23,26). The number of amides is 1. The van der Waals surface area contributed by atoms with Crippen LogP contribution in [-0.4, -0.2) is 61.2 Å². The lowest BCUT2D eigenvalue weighted by molar-refractivity contribution is -0.122. The van der Waals surface area contributed by atoms with Gasteiger partial charge < -0.3 is 19.4 Å². The van der Waals surface area contributed by atoms with Gasteiger partial charge in [0.05, 0.1) is 20.2 Å². The highest BCUT2D eigenvalue weighted by Crippen LogP contribution is 2.24. The van der Waals surface area contributed by atoms with Crippen LogP contribution >= 0.6 is 11.6 Å². The Morgan fingerprint density at radius 1 is 1.17 bits per heavy atom. The lowest BCUT2D eigenvalue weighted by Gasteiger charge is -2.32. The van der Waals surface area contributed by atoms with Crippen molar-refractivity contribution in [1.29, 1.82) is 0 Å². The quantitative estimate of drug-likeness (QED) is 0.526. The maximum absolute atomic E-state index is 12.2. The third-order valence-corrected chi connectivity index (χ3v) is 5.25. The van der Waals surface area contributed by atoms with Crippen molar-refractivity contribution >= 4 is 23.5 Å². The fraction of sp³-hybridized carbons (Fsp3) is 0.429. The second kappa shape index (κ2) is 10.3. The average molecular weight is 420 g/mol. The maximum atomic E-state index is 12.2. The van der Waals surface area contributed by atoms with E-state index in [0.717, 1.165) is 31.7 Å². The number of methoxy groups -OCH3 is 1. The van der Waals surface area contributed by atoms with Crippen LogP contribution in [0.25, 0.3) is 0 Å². The van der Waals surface area contributed by atoms with Crippen molar-refractivity contribution in [2.24, 2.45) is 0 Å². The minimum absolute atomic E-state index is 0.0145. The van der Waals surface area contributed by atoms with E-state index in [2.05, 4.69) is 10.2 Å². The van der Waals surface area contributed by atoms with Crippen LogP contribution in [0.15, 0.2) is 42.6 Å². The highest BCUT2D eigenvalue weighted by Gasteiger charge is 2.24. The van der Waals surface area contributed by atoms with Crippen molar-refractivity contribution in [1.82, 2.24) is 14.8 Å². The second-order valence-corrected chi connectivity index (χ2v) is 7.39.